The van der Waals surface area contributed by atoms with Crippen LogP contribution in [0.4, 0.5) is 0 Å². The number of pyridine rings is 1. The van der Waals surface area contributed by atoms with Crippen molar-refractivity contribution in [2.45, 2.75) is 0 Å². The fourth-order valence-electron chi connectivity index (χ4n) is 8.17. The number of hydrogen-bond acceptors (Lipinski definition) is 3. The Balaban J connectivity index is 1.08. The van der Waals surface area contributed by atoms with Crippen LogP contribution in [0.3, 0.4) is 0 Å². The molecule has 11 aromatic rings. The number of nitrogens with zero attached hydrogens (tertiary/aromatic N) is 5. The number of aromatic nitrogens is 5. The van der Waals surface area contributed by atoms with Crippen molar-refractivity contribution in [2.75, 3.05) is 0 Å². The van der Waals surface area contributed by atoms with Crippen LogP contribution in [0, 0.1) is 0 Å². The van der Waals surface area contributed by atoms with Gasteiger partial charge in [-0.3, -0.25) is 4.57 Å². The molecule has 0 spiro atoms. The van der Waals surface area contributed by atoms with E-state index in [0.717, 1.165) is 72.5 Å². The van der Waals surface area contributed by atoms with Gasteiger partial charge in [-0.25, -0.2) is 15.0 Å². The van der Waals surface area contributed by atoms with Gasteiger partial charge in [0, 0.05) is 55.8 Å². The molecular formula is C51H33N5. The van der Waals surface area contributed by atoms with Crippen LogP contribution in [0.15, 0.2) is 200 Å². The van der Waals surface area contributed by atoms with Crippen LogP contribution in [-0.4, -0.2) is 24.1 Å². The van der Waals surface area contributed by atoms with E-state index in [9.17, 15) is 0 Å². The standard InChI is InChI=1S/C51H33N5/c1-4-14-34(15-5-1)45-33-46(35-16-6-2-7-17-35)54-50(53-45)38-18-12-21-40(30-38)56-49-32-37(25-27-42(49)43-23-13-29-52-51(43)56)36-26-28-48-44(31-36)41-22-10-11-24-47(41)55(48)39-19-8-3-9-20-39/h1-33H. The summed E-state index contributed by atoms with van der Waals surface area (Å²) in [7, 11) is 0. The minimum absolute atomic E-state index is 0.671. The van der Waals surface area contributed by atoms with Gasteiger partial charge in [0.15, 0.2) is 5.82 Å². The number of rotatable bonds is 6. The van der Waals surface area contributed by atoms with Gasteiger partial charge in [0.1, 0.15) is 5.65 Å². The highest BCUT2D eigenvalue weighted by Crippen LogP contribution is 2.38. The Kier molecular flexibility index (Phi) is 7.42. The molecule has 0 radical (unpaired) electrons. The Labute approximate surface area is 323 Å². The molecular weight excluding hydrogens is 683 g/mol. The topological polar surface area (TPSA) is 48.5 Å². The second kappa shape index (κ2) is 13.0. The quantitative estimate of drug-likeness (QED) is 0.172. The largest absolute Gasteiger partial charge is 0.309 e. The monoisotopic (exact) mass is 715 g/mol. The highest BCUT2D eigenvalue weighted by molar-refractivity contribution is 6.12. The van der Waals surface area contributed by atoms with Crippen molar-refractivity contribution < 1.29 is 0 Å². The van der Waals surface area contributed by atoms with E-state index in [1.807, 2.05) is 48.7 Å². The van der Waals surface area contributed by atoms with Gasteiger partial charge in [-0.2, -0.15) is 0 Å². The molecule has 4 heterocycles. The van der Waals surface area contributed by atoms with Crippen LogP contribution in [0.2, 0.25) is 0 Å². The van der Waals surface area contributed by atoms with Crippen molar-refractivity contribution in [3.8, 4) is 56.4 Å². The molecule has 262 valence electrons. The normalized spacial score (nSPS) is 11.6. The van der Waals surface area contributed by atoms with Crippen molar-refractivity contribution in [1.29, 1.82) is 0 Å². The van der Waals surface area contributed by atoms with E-state index in [-0.39, 0.29) is 0 Å². The highest BCUT2D eigenvalue weighted by Gasteiger charge is 2.18. The summed E-state index contributed by atoms with van der Waals surface area (Å²) in [5, 5.41) is 4.72. The molecule has 0 atom stereocenters. The summed E-state index contributed by atoms with van der Waals surface area (Å²) in [4.78, 5) is 15.2. The maximum atomic E-state index is 5.13. The third kappa shape index (κ3) is 5.29. The van der Waals surface area contributed by atoms with Crippen molar-refractivity contribution in [1.82, 2.24) is 24.1 Å². The van der Waals surface area contributed by atoms with Gasteiger partial charge < -0.3 is 4.57 Å². The first kappa shape index (κ1) is 31.9. The third-order valence-electron chi connectivity index (χ3n) is 10.8. The van der Waals surface area contributed by atoms with Crippen molar-refractivity contribution in [2.24, 2.45) is 0 Å². The first-order valence-corrected chi connectivity index (χ1v) is 18.9. The average Bonchev–Trinajstić information content (AvgIpc) is 3.79. The Hall–Kier alpha value is -7.63. The lowest BCUT2D eigenvalue weighted by atomic mass is 10.0. The van der Waals surface area contributed by atoms with Gasteiger partial charge in [0.25, 0.3) is 0 Å². The van der Waals surface area contributed by atoms with Gasteiger partial charge >= 0.3 is 0 Å². The number of hydrogen-bond donors (Lipinski definition) is 0. The van der Waals surface area contributed by atoms with Gasteiger partial charge in [-0.1, -0.05) is 127 Å². The summed E-state index contributed by atoms with van der Waals surface area (Å²) in [6.45, 7) is 0. The molecule has 5 nitrogen and oxygen atoms in total. The zero-order valence-corrected chi connectivity index (χ0v) is 30.3. The van der Waals surface area contributed by atoms with Crippen molar-refractivity contribution in [3.05, 3.63) is 200 Å². The van der Waals surface area contributed by atoms with E-state index in [2.05, 4.69) is 161 Å². The zero-order chi connectivity index (χ0) is 37.0. The zero-order valence-electron chi connectivity index (χ0n) is 30.3. The Bertz CT molecular complexity index is 3180. The van der Waals surface area contributed by atoms with Gasteiger partial charge in [0.05, 0.1) is 27.9 Å². The summed E-state index contributed by atoms with van der Waals surface area (Å²) in [5.41, 5.74) is 13.6. The summed E-state index contributed by atoms with van der Waals surface area (Å²) < 4.78 is 4.63. The molecule has 0 saturated carbocycles. The van der Waals surface area contributed by atoms with E-state index in [1.165, 1.54) is 21.8 Å². The number of benzene rings is 7. The molecule has 0 aliphatic heterocycles. The predicted octanol–water partition coefficient (Wildman–Crippen LogP) is 12.7. The average molecular weight is 716 g/mol. The van der Waals surface area contributed by atoms with Crippen LogP contribution in [0.1, 0.15) is 0 Å². The van der Waals surface area contributed by atoms with E-state index in [0.29, 0.717) is 5.82 Å². The summed E-state index contributed by atoms with van der Waals surface area (Å²) in [6, 6.07) is 68.3. The molecule has 0 aliphatic carbocycles. The Morgan fingerprint density at radius 3 is 1.68 bits per heavy atom. The fourth-order valence-corrected chi connectivity index (χ4v) is 8.17. The fraction of sp³-hybridized carbons (Fsp3) is 0. The maximum Gasteiger partial charge on any atom is 0.160 e. The molecule has 4 aromatic heterocycles. The van der Waals surface area contributed by atoms with Crippen molar-refractivity contribution >= 4 is 43.7 Å². The van der Waals surface area contributed by atoms with E-state index in [4.69, 9.17) is 15.0 Å². The minimum Gasteiger partial charge on any atom is -0.309 e. The minimum atomic E-state index is 0.671. The smallest absolute Gasteiger partial charge is 0.160 e. The second-order valence-electron chi connectivity index (χ2n) is 14.1. The molecule has 5 heteroatoms. The van der Waals surface area contributed by atoms with Gasteiger partial charge in [-0.05, 0) is 77.9 Å². The summed E-state index contributed by atoms with van der Waals surface area (Å²) in [6.07, 6.45) is 1.87. The van der Waals surface area contributed by atoms with Crippen molar-refractivity contribution in [3.63, 3.8) is 0 Å². The number of para-hydroxylation sites is 2. The lowest BCUT2D eigenvalue weighted by Gasteiger charge is -2.12. The molecule has 0 aliphatic rings. The Morgan fingerprint density at radius 2 is 0.911 bits per heavy atom. The molecule has 0 N–H and O–H groups in total. The molecule has 11 rings (SSSR count). The van der Waals surface area contributed by atoms with Crippen LogP contribution in [0.25, 0.3) is 100 Å². The molecule has 56 heavy (non-hydrogen) atoms. The highest BCUT2D eigenvalue weighted by atomic mass is 15.0. The second-order valence-corrected chi connectivity index (χ2v) is 14.1. The Morgan fingerprint density at radius 1 is 0.321 bits per heavy atom. The van der Waals surface area contributed by atoms with Gasteiger partial charge in [-0.15, -0.1) is 0 Å². The molecule has 0 saturated heterocycles. The van der Waals surface area contributed by atoms with E-state index >= 15 is 0 Å². The lowest BCUT2D eigenvalue weighted by molar-refractivity contribution is 1.13. The first-order chi connectivity index (χ1) is 27.8. The van der Waals surface area contributed by atoms with Crippen LogP contribution in [0.5, 0.6) is 0 Å². The lowest BCUT2D eigenvalue weighted by Crippen LogP contribution is -1.99. The number of fused-ring (bicyclic) bond motifs is 6. The molecule has 0 fully saturated rings. The SMILES string of the molecule is c1ccc(-c2cc(-c3ccccc3)nc(-c3cccc(-n4c5cc(-c6ccc7c(c6)c6ccccc6n7-c6ccccc6)ccc5c5cccnc54)c3)n2)cc1. The van der Waals surface area contributed by atoms with Crippen LogP contribution < -0.4 is 0 Å². The van der Waals surface area contributed by atoms with Crippen LogP contribution in [-0.2, 0) is 0 Å². The maximum absolute atomic E-state index is 5.13. The van der Waals surface area contributed by atoms with E-state index < -0.39 is 0 Å². The third-order valence-corrected chi connectivity index (χ3v) is 10.8. The summed E-state index contributed by atoms with van der Waals surface area (Å²) in [5.74, 6) is 0.671. The van der Waals surface area contributed by atoms with E-state index in [1.54, 1.807) is 0 Å². The predicted molar refractivity (Wildman–Crippen MR) is 230 cm³/mol. The van der Waals surface area contributed by atoms with Crippen LogP contribution >= 0.6 is 0 Å². The molecule has 0 bridgehead atoms. The molecule has 0 amide bonds. The first-order valence-electron chi connectivity index (χ1n) is 18.9. The van der Waals surface area contributed by atoms with Gasteiger partial charge in [0.2, 0.25) is 0 Å². The molecule has 0 unspecified atom stereocenters. The molecule has 7 aromatic carbocycles. The summed E-state index contributed by atoms with van der Waals surface area (Å²) >= 11 is 0.